The molecular formula is C20H20BrNO6. The molecule has 0 unspecified atom stereocenters. The van der Waals surface area contributed by atoms with Gasteiger partial charge in [-0.15, -0.1) is 0 Å². The van der Waals surface area contributed by atoms with Gasteiger partial charge in [0.05, 0.1) is 30.9 Å². The summed E-state index contributed by atoms with van der Waals surface area (Å²) < 4.78 is 22.1. The van der Waals surface area contributed by atoms with E-state index in [0.29, 0.717) is 41.5 Å². The molecule has 0 aromatic heterocycles. The maximum Gasteiger partial charge on any atom is 0.340 e. The third-order valence-electron chi connectivity index (χ3n) is 5.10. The number of allylic oxidation sites excluding steroid dienone is 1. The minimum Gasteiger partial charge on any atom is -0.465 e. The molecule has 3 aliphatic heterocycles. The summed E-state index contributed by atoms with van der Waals surface area (Å²) in [5.74, 6) is 0.450. The zero-order valence-electron chi connectivity index (χ0n) is 15.6. The fourth-order valence-electron chi connectivity index (χ4n) is 3.64. The Labute approximate surface area is 171 Å². The van der Waals surface area contributed by atoms with Crippen molar-refractivity contribution in [2.75, 3.05) is 27.1 Å². The SMILES string of the molecule is COC(=O)C1=C(C)N(C[C@@H]2CCCO2)C(=O)/C1=C\c1cc2c(cc1Br)OCO2. The number of ether oxygens (including phenoxy) is 4. The number of nitrogens with zero attached hydrogens (tertiary/aromatic N) is 1. The van der Waals surface area contributed by atoms with Crippen molar-refractivity contribution in [3.8, 4) is 11.5 Å². The Morgan fingerprint density at radius 2 is 2.11 bits per heavy atom. The topological polar surface area (TPSA) is 74.3 Å². The number of carbonyl (C=O) groups is 2. The molecular weight excluding hydrogens is 430 g/mol. The van der Waals surface area contributed by atoms with E-state index in [2.05, 4.69) is 15.9 Å². The molecule has 0 spiro atoms. The predicted octanol–water partition coefficient (Wildman–Crippen LogP) is 3.03. The number of halogens is 1. The Morgan fingerprint density at radius 3 is 2.79 bits per heavy atom. The van der Waals surface area contributed by atoms with Crippen LogP contribution in [-0.2, 0) is 19.1 Å². The smallest absolute Gasteiger partial charge is 0.340 e. The molecule has 3 heterocycles. The first-order valence-electron chi connectivity index (χ1n) is 9.03. The summed E-state index contributed by atoms with van der Waals surface area (Å²) in [5.41, 5.74) is 1.85. The van der Waals surface area contributed by atoms with Crippen molar-refractivity contribution in [2.24, 2.45) is 0 Å². The molecule has 1 saturated heterocycles. The highest BCUT2D eigenvalue weighted by Crippen LogP contribution is 2.39. The van der Waals surface area contributed by atoms with Crippen molar-refractivity contribution in [3.63, 3.8) is 0 Å². The lowest BCUT2D eigenvalue weighted by Gasteiger charge is -2.21. The molecule has 8 heteroatoms. The molecule has 1 aromatic carbocycles. The second-order valence-corrected chi connectivity index (χ2v) is 7.64. The van der Waals surface area contributed by atoms with E-state index in [9.17, 15) is 9.59 Å². The van der Waals surface area contributed by atoms with Crippen LogP contribution in [0.2, 0.25) is 0 Å². The molecule has 7 nitrogen and oxygen atoms in total. The van der Waals surface area contributed by atoms with Gasteiger partial charge in [0.2, 0.25) is 6.79 Å². The van der Waals surface area contributed by atoms with Gasteiger partial charge in [-0.05, 0) is 43.5 Å². The van der Waals surface area contributed by atoms with Crippen molar-refractivity contribution in [1.82, 2.24) is 4.90 Å². The Hall–Kier alpha value is -2.32. The summed E-state index contributed by atoms with van der Waals surface area (Å²) in [6.45, 7) is 3.04. The van der Waals surface area contributed by atoms with Crippen LogP contribution < -0.4 is 9.47 Å². The van der Waals surface area contributed by atoms with E-state index in [1.807, 2.05) is 0 Å². The van der Waals surface area contributed by atoms with E-state index < -0.39 is 5.97 Å². The molecule has 3 aliphatic rings. The summed E-state index contributed by atoms with van der Waals surface area (Å²) in [6, 6.07) is 3.56. The maximum atomic E-state index is 13.2. The largest absolute Gasteiger partial charge is 0.465 e. The number of hydrogen-bond acceptors (Lipinski definition) is 6. The molecule has 1 aromatic rings. The summed E-state index contributed by atoms with van der Waals surface area (Å²) in [6.07, 6.45) is 3.54. The van der Waals surface area contributed by atoms with Crippen LogP contribution in [0.25, 0.3) is 6.08 Å². The highest BCUT2D eigenvalue weighted by Gasteiger charge is 2.38. The molecule has 4 rings (SSSR count). The first-order chi connectivity index (χ1) is 13.5. The zero-order valence-corrected chi connectivity index (χ0v) is 17.2. The second-order valence-electron chi connectivity index (χ2n) is 6.79. The van der Waals surface area contributed by atoms with Crippen molar-refractivity contribution >= 4 is 33.9 Å². The lowest BCUT2D eigenvalue weighted by molar-refractivity contribution is -0.136. The number of methoxy groups -OCH3 is 1. The fraction of sp³-hybridized carbons (Fsp3) is 0.400. The van der Waals surface area contributed by atoms with Crippen molar-refractivity contribution < 1.29 is 28.5 Å². The van der Waals surface area contributed by atoms with E-state index in [0.717, 1.165) is 17.3 Å². The quantitative estimate of drug-likeness (QED) is 0.519. The normalized spacial score (nSPS) is 22.5. The predicted molar refractivity (Wildman–Crippen MR) is 104 cm³/mol. The standard InChI is InChI=1S/C20H20BrNO6/c1-11-18(20(24)25-2)14(19(23)22(11)9-13-4-3-5-26-13)6-12-7-16-17(8-15(12)21)28-10-27-16/h6-8,13H,3-5,9-10H2,1-2H3/b14-6-/t13-/m0/s1. The van der Waals surface area contributed by atoms with Crippen LogP contribution in [-0.4, -0.2) is 49.9 Å². The number of hydrogen-bond donors (Lipinski definition) is 0. The average molecular weight is 450 g/mol. The molecule has 0 N–H and O–H groups in total. The Balaban J connectivity index is 1.73. The Kier molecular flexibility index (Phi) is 5.16. The molecule has 1 atom stereocenters. The van der Waals surface area contributed by atoms with Crippen LogP contribution in [0.5, 0.6) is 11.5 Å². The number of carbonyl (C=O) groups excluding carboxylic acids is 2. The average Bonchev–Trinajstić information content (AvgIpc) is 3.39. The molecule has 0 bridgehead atoms. The van der Waals surface area contributed by atoms with Crippen molar-refractivity contribution in [2.45, 2.75) is 25.9 Å². The van der Waals surface area contributed by atoms with Gasteiger partial charge < -0.3 is 23.8 Å². The van der Waals surface area contributed by atoms with E-state index in [1.165, 1.54) is 7.11 Å². The molecule has 148 valence electrons. The van der Waals surface area contributed by atoms with Gasteiger partial charge in [0.15, 0.2) is 11.5 Å². The summed E-state index contributed by atoms with van der Waals surface area (Å²) in [4.78, 5) is 27.2. The maximum absolute atomic E-state index is 13.2. The first-order valence-corrected chi connectivity index (χ1v) is 9.82. The lowest BCUT2D eigenvalue weighted by Crippen LogP contribution is -2.33. The van der Waals surface area contributed by atoms with Crippen LogP contribution in [0, 0.1) is 0 Å². The third kappa shape index (κ3) is 3.31. The van der Waals surface area contributed by atoms with E-state index in [-0.39, 0.29) is 24.4 Å². The molecule has 28 heavy (non-hydrogen) atoms. The molecule has 0 saturated carbocycles. The van der Waals surface area contributed by atoms with Gasteiger partial charge in [0.25, 0.3) is 5.91 Å². The third-order valence-corrected chi connectivity index (χ3v) is 5.79. The van der Waals surface area contributed by atoms with Crippen LogP contribution in [0.1, 0.15) is 25.3 Å². The summed E-state index contributed by atoms with van der Waals surface area (Å²) in [7, 11) is 1.31. The molecule has 0 radical (unpaired) electrons. The molecule has 1 fully saturated rings. The highest BCUT2D eigenvalue weighted by atomic mass is 79.9. The number of amides is 1. The van der Waals surface area contributed by atoms with Gasteiger partial charge in [-0.2, -0.15) is 0 Å². The highest BCUT2D eigenvalue weighted by molar-refractivity contribution is 9.10. The number of rotatable bonds is 4. The van der Waals surface area contributed by atoms with Gasteiger partial charge in [0, 0.05) is 16.8 Å². The van der Waals surface area contributed by atoms with Gasteiger partial charge in [-0.25, -0.2) is 4.79 Å². The Morgan fingerprint density at radius 1 is 1.36 bits per heavy atom. The number of fused-ring (bicyclic) bond motifs is 1. The van der Waals surface area contributed by atoms with Gasteiger partial charge in [-0.1, -0.05) is 15.9 Å². The Bertz CT molecular complexity index is 900. The van der Waals surface area contributed by atoms with Crippen LogP contribution in [0.3, 0.4) is 0 Å². The zero-order chi connectivity index (χ0) is 19.8. The molecule has 1 amide bonds. The number of benzene rings is 1. The monoisotopic (exact) mass is 449 g/mol. The first kappa shape index (κ1) is 19.0. The second kappa shape index (κ2) is 7.60. The van der Waals surface area contributed by atoms with E-state index in [1.54, 1.807) is 30.0 Å². The van der Waals surface area contributed by atoms with Crippen LogP contribution in [0.4, 0.5) is 0 Å². The molecule has 0 aliphatic carbocycles. The number of esters is 1. The summed E-state index contributed by atoms with van der Waals surface area (Å²) >= 11 is 3.50. The van der Waals surface area contributed by atoms with Gasteiger partial charge >= 0.3 is 5.97 Å². The van der Waals surface area contributed by atoms with Gasteiger partial charge in [0.1, 0.15) is 0 Å². The summed E-state index contributed by atoms with van der Waals surface area (Å²) in [5, 5.41) is 0. The van der Waals surface area contributed by atoms with Crippen molar-refractivity contribution in [3.05, 3.63) is 39.0 Å². The van der Waals surface area contributed by atoms with E-state index in [4.69, 9.17) is 18.9 Å². The van der Waals surface area contributed by atoms with Crippen molar-refractivity contribution in [1.29, 1.82) is 0 Å². The lowest BCUT2D eigenvalue weighted by atomic mass is 10.0. The fourth-order valence-corrected chi connectivity index (χ4v) is 4.08. The van der Waals surface area contributed by atoms with Crippen LogP contribution in [0.15, 0.2) is 33.4 Å². The van der Waals surface area contributed by atoms with Crippen LogP contribution >= 0.6 is 15.9 Å². The van der Waals surface area contributed by atoms with Gasteiger partial charge in [-0.3, -0.25) is 4.79 Å². The minimum atomic E-state index is -0.538. The van der Waals surface area contributed by atoms with E-state index >= 15 is 0 Å². The minimum absolute atomic E-state index is 0.0190.